The molecule has 1 saturated heterocycles. The lowest BCUT2D eigenvalue weighted by Gasteiger charge is -2.28. The van der Waals surface area contributed by atoms with Crippen LogP contribution in [0.4, 0.5) is 17.1 Å². The molecule has 1 aromatic carbocycles. The molecule has 22 heavy (non-hydrogen) atoms. The van der Waals surface area contributed by atoms with Crippen LogP contribution < -0.4 is 10.2 Å². The molecule has 2 aromatic heterocycles. The minimum atomic E-state index is 0.808. The fraction of sp³-hybridized carbons (Fsp3) is 0.235. The summed E-state index contributed by atoms with van der Waals surface area (Å²) < 4.78 is 5.39. The van der Waals surface area contributed by atoms with Gasteiger partial charge in [-0.15, -0.1) is 0 Å². The molecule has 1 aliphatic heterocycles. The van der Waals surface area contributed by atoms with Crippen molar-refractivity contribution in [2.24, 2.45) is 0 Å². The summed E-state index contributed by atoms with van der Waals surface area (Å²) in [5.74, 6) is 0. The van der Waals surface area contributed by atoms with Gasteiger partial charge in [0.25, 0.3) is 0 Å². The number of H-pyrrole nitrogens is 1. The van der Waals surface area contributed by atoms with Gasteiger partial charge in [-0.25, -0.2) is 4.98 Å². The third-order valence-corrected chi connectivity index (χ3v) is 3.98. The molecular formula is C17H18N4O. The number of aromatic amines is 1. The topological polar surface area (TPSA) is 53.2 Å². The third-order valence-electron chi connectivity index (χ3n) is 3.98. The van der Waals surface area contributed by atoms with Gasteiger partial charge in [0, 0.05) is 42.2 Å². The Labute approximate surface area is 128 Å². The molecule has 0 saturated carbocycles. The van der Waals surface area contributed by atoms with Crippen molar-refractivity contribution < 1.29 is 4.74 Å². The number of hydrogen-bond donors (Lipinski definition) is 2. The zero-order valence-corrected chi connectivity index (χ0v) is 12.2. The Balaban J connectivity index is 1.54. The Morgan fingerprint density at radius 1 is 1.05 bits per heavy atom. The van der Waals surface area contributed by atoms with Crippen LogP contribution in [-0.4, -0.2) is 36.3 Å². The largest absolute Gasteiger partial charge is 0.378 e. The van der Waals surface area contributed by atoms with Crippen molar-refractivity contribution in [2.75, 3.05) is 36.5 Å². The molecule has 0 radical (unpaired) electrons. The van der Waals surface area contributed by atoms with Crippen LogP contribution in [0.5, 0.6) is 0 Å². The second kappa shape index (κ2) is 5.69. The van der Waals surface area contributed by atoms with E-state index >= 15 is 0 Å². The number of hydrogen-bond acceptors (Lipinski definition) is 4. The monoisotopic (exact) mass is 294 g/mol. The molecule has 1 aliphatic rings. The Morgan fingerprint density at radius 2 is 1.86 bits per heavy atom. The molecule has 3 heterocycles. The highest BCUT2D eigenvalue weighted by atomic mass is 16.5. The van der Waals surface area contributed by atoms with E-state index in [9.17, 15) is 0 Å². The van der Waals surface area contributed by atoms with E-state index in [-0.39, 0.29) is 0 Å². The summed E-state index contributed by atoms with van der Waals surface area (Å²) in [6, 6.07) is 12.6. The summed E-state index contributed by atoms with van der Waals surface area (Å²) in [7, 11) is 0. The first-order valence-electron chi connectivity index (χ1n) is 7.52. The highest BCUT2D eigenvalue weighted by Crippen LogP contribution is 2.26. The fourth-order valence-corrected chi connectivity index (χ4v) is 2.80. The second-order valence-corrected chi connectivity index (χ2v) is 5.37. The van der Waals surface area contributed by atoms with E-state index in [4.69, 9.17) is 4.74 Å². The Kier molecular flexibility index (Phi) is 3.40. The lowest BCUT2D eigenvalue weighted by Crippen LogP contribution is -2.36. The molecule has 5 nitrogen and oxygen atoms in total. The fourth-order valence-electron chi connectivity index (χ4n) is 2.80. The van der Waals surface area contributed by atoms with Gasteiger partial charge in [0.05, 0.1) is 18.9 Å². The number of fused-ring (bicyclic) bond motifs is 1. The smallest absolute Gasteiger partial charge is 0.139 e. The van der Waals surface area contributed by atoms with E-state index in [0.29, 0.717) is 0 Å². The van der Waals surface area contributed by atoms with Gasteiger partial charge in [-0.1, -0.05) is 0 Å². The summed E-state index contributed by atoms with van der Waals surface area (Å²) in [6.07, 6.45) is 3.72. The lowest BCUT2D eigenvalue weighted by atomic mass is 10.2. The van der Waals surface area contributed by atoms with Crippen LogP contribution in [0.3, 0.4) is 0 Å². The first-order valence-corrected chi connectivity index (χ1v) is 7.52. The van der Waals surface area contributed by atoms with E-state index in [0.717, 1.165) is 48.7 Å². The molecule has 0 bridgehead atoms. The predicted octanol–water partition coefficient (Wildman–Crippen LogP) is 3.14. The Bertz CT molecular complexity index is 760. The molecule has 1 fully saturated rings. The molecule has 2 N–H and O–H groups in total. The number of aromatic nitrogens is 2. The summed E-state index contributed by atoms with van der Waals surface area (Å²) in [5.41, 5.74) is 4.28. The molecule has 0 spiro atoms. The second-order valence-electron chi connectivity index (χ2n) is 5.37. The average molecular weight is 294 g/mol. The van der Waals surface area contributed by atoms with Gasteiger partial charge in [0.1, 0.15) is 5.65 Å². The predicted molar refractivity (Wildman–Crippen MR) is 88.9 cm³/mol. The molecule has 0 atom stereocenters. The van der Waals surface area contributed by atoms with Crippen LogP contribution in [0, 0.1) is 0 Å². The van der Waals surface area contributed by atoms with Gasteiger partial charge in [-0.05, 0) is 36.4 Å². The molecule has 4 rings (SSSR count). The van der Waals surface area contributed by atoms with Gasteiger partial charge in [0.15, 0.2) is 0 Å². The minimum Gasteiger partial charge on any atom is -0.378 e. The number of benzene rings is 1. The highest BCUT2D eigenvalue weighted by Gasteiger charge is 2.11. The lowest BCUT2D eigenvalue weighted by molar-refractivity contribution is 0.122. The Hall–Kier alpha value is -2.53. The molecular weight excluding hydrogens is 276 g/mol. The summed E-state index contributed by atoms with van der Waals surface area (Å²) in [5, 5.41) is 4.56. The van der Waals surface area contributed by atoms with Crippen LogP contribution in [0.15, 0.2) is 48.8 Å². The van der Waals surface area contributed by atoms with E-state index in [1.165, 1.54) is 5.69 Å². The number of nitrogens with zero attached hydrogens (tertiary/aromatic N) is 2. The maximum absolute atomic E-state index is 5.39. The van der Waals surface area contributed by atoms with Gasteiger partial charge in [-0.3, -0.25) is 0 Å². The summed E-state index contributed by atoms with van der Waals surface area (Å²) >= 11 is 0. The number of nitrogens with one attached hydrogen (secondary N) is 2. The van der Waals surface area contributed by atoms with Gasteiger partial charge in [0.2, 0.25) is 0 Å². The number of ether oxygens (including phenoxy) is 1. The molecule has 0 unspecified atom stereocenters. The average Bonchev–Trinajstić information content (AvgIpc) is 3.06. The standard InChI is InChI=1S/C17H18N4O/c1-3-14(21-9-11-22-12-10-21)4-2-13(1)20-16-6-8-19-17-15(16)5-7-18-17/h1-8H,9-12H2,(H2,18,19,20). The van der Waals surface area contributed by atoms with Crippen molar-refractivity contribution >= 4 is 28.1 Å². The number of morpholine rings is 1. The number of pyridine rings is 1. The van der Waals surface area contributed by atoms with E-state index in [1.54, 1.807) is 0 Å². The minimum absolute atomic E-state index is 0.808. The molecule has 3 aromatic rings. The van der Waals surface area contributed by atoms with E-state index in [1.807, 2.05) is 24.5 Å². The number of rotatable bonds is 3. The first-order chi connectivity index (χ1) is 10.9. The normalized spacial score (nSPS) is 15.2. The van der Waals surface area contributed by atoms with Crippen molar-refractivity contribution in [3.8, 4) is 0 Å². The maximum Gasteiger partial charge on any atom is 0.139 e. The number of anilines is 3. The van der Waals surface area contributed by atoms with Crippen LogP contribution in [0.25, 0.3) is 11.0 Å². The van der Waals surface area contributed by atoms with E-state index < -0.39 is 0 Å². The van der Waals surface area contributed by atoms with Gasteiger partial charge < -0.3 is 19.9 Å². The summed E-state index contributed by atoms with van der Waals surface area (Å²) in [6.45, 7) is 3.53. The molecule has 0 aliphatic carbocycles. The van der Waals surface area contributed by atoms with Crippen molar-refractivity contribution in [2.45, 2.75) is 0 Å². The highest BCUT2D eigenvalue weighted by molar-refractivity contribution is 5.91. The van der Waals surface area contributed by atoms with Crippen molar-refractivity contribution in [1.82, 2.24) is 9.97 Å². The first kappa shape index (κ1) is 13.2. The zero-order chi connectivity index (χ0) is 14.8. The van der Waals surface area contributed by atoms with Crippen LogP contribution >= 0.6 is 0 Å². The quantitative estimate of drug-likeness (QED) is 0.779. The van der Waals surface area contributed by atoms with Crippen molar-refractivity contribution in [3.05, 3.63) is 48.8 Å². The van der Waals surface area contributed by atoms with E-state index in [2.05, 4.69) is 44.5 Å². The molecule has 5 heteroatoms. The Morgan fingerprint density at radius 3 is 2.68 bits per heavy atom. The maximum atomic E-state index is 5.39. The van der Waals surface area contributed by atoms with Crippen molar-refractivity contribution in [3.63, 3.8) is 0 Å². The molecule has 0 amide bonds. The van der Waals surface area contributed by atoms with Crippen LogP contribution in [0.2, 0.25) is 0 Å². The zero-order valence-electron chi connectivity index (χ0n) is 12.2. The van der Waals surface area contributed by atoms with Crippen LogP contribution in [0.1, 0.15) is 0 Å². The summed E-state index contributed by atoms with van der Waals surface area (Å²) in [4.78, 5) is 9.78. The van der Waals surface area contributed by atoms with Gasteiger partial charge in [-0.2, -0.15) is 0 Å². The van der Waals surface area contributed by atoms with Crippen LogP contribution in [-0.2, 0) is 4.74 Å². The van der Waals surface area contributed by atoms with Crippen molar-refractivity contribution in [1.29, 1.82) is 0 Å². The molecule has 112 valence electrons. The SMILES string of the molecule is c1cc(Nc2ccc(N3CCOCC3)cc2)c2cc[nH]c2n1. The third kappa shape index (κ3) is 2.51. The van der Waals surface area contributed by atoms with Gasteiger partial charge >= 0.3 is 0 Å².